The van der Waals surface area contributed by atoms with Crippen LogP contribution in [0, 0.1) is 23.7 Å². The van der Waals surface area contributed by atoms with Crippen LogP contribution in [0.4, 0.5) is 14.9 Å². The van der Waals surface area contributed by atoms with Crippen LogP contribution in [0.15, 0.2) is 24.4 Å². The molecule has 0 atom stereocenters. The van der Waals surface area contributed by atoms with Crippen LogP contribution in [0.2, 0.25) is 0 Å². The van der Waals surface area contributed by atoms with E-state index >= 15 is 0 Å². The Kier molecular flexibility index (Phi) is 6.53. The minimum absolute atomic E-state index is 0.0102. The molecule has 8 nitrogen and oxygen atoms in total. The molecule has 1 aromatic carbocycles. The fraction of sp³-hybridized carbons (Fsp3) is 0.429. The molecule has 0 aliphatic carbocycles. The Morgan fingerprint density at radius 1 is 1.43 bits per heavy atom. The number of ether oxygens (including phenoxy) is 2. The van der Waals surface area contributed by atoms with Gasteiger partial charge in [0, 0.05) is 18.7 Å². The van der Waals surface area contributed by atoms with E-state index in [2.05, 4.69) is 16.0 Å². The minimum Gasteiger partial charge on any atom is -0.486 e. The van der Waals surface area contributed by atoms with Crippen LogP contribution >= 0.6 is 0 Å². The molecule has 156 valence electrons. The second-order valence-corrected chi connectivity index (χ2v) is 7.24. The number of nitriles is 1. The van der Waals surface area contributed by atoms with Gasteiger partial charge in [-0.1, -0.05) is 6.07 Å². The molecule has 0 saturated carbocycles. The Morgan fingerprint density at radius 2 is 2.17 bits per heavy atom. The number of aromatic nitrogens is 2. The first-order valence-electron chi connectivity index (χ1n) is 9.64. The van der Waals surface area contributed by atoms with Crippen LogP contribution in [0.25, 0.3) is 4.85 Å². The van der Waals surface area contributed by atoms with Crippen LogP contribution in [-0.4, -0.2) is 40.0 Å². The SMILES string of the molecule is [C-]#[N+]c1ccc(OCc2cnn(C3CCN(C(=O)OC(C)C)CC3)c2C#N)c(F)c1. The van der Waals surface area contributed by atoms with Gasteiger partial charge in [0.2, 0.25) is 0 Å². The van der Waals surface area contributed by atoms with E-state index in [1.54, 1.807) is 15.8 Å². The number of halogens is 1. The predicted octanol–water partition coefficient (Wildman–Crippen LogP) is 4.21. The van der Waals surface area contributed by atoms with E-state index in [4.69, 9.17) is 16.0 Å². The first kappa shape index (κ1) is 21.1. The van der Waals surface area contributed by atoms with E-state index < -0.39 is 5.82 Å². The van der Waals surface area contributed by atoms with Crippen molar-refractivity contribution in [3.8, 4) is 11.8 Å². The number of rotatable bonds is 5. The van der Waals surface area contributed by atoms with Crippen molar-refractivity contribution in [1.29, 1.82) is 5.26 Å². The van der Waals surface area contributed by atoms with Gasteiger partial charge < -0.3 is 14.4 Å². The highest BCUT2D eigenvalue weighted by Gasteiger charge is 2.27. The number of amides is 1. The molecule has 9 heteroatoms. The predicted molar refractivity (Wildman–Crippen MR) is 105 cm³/mol. The summed E-state index contributed by atoms with van der Waals surface area (Å²) in [6, 6.07) is 6.10. The highest BCUT2D eigenvalue weighted by atomic mass is 19.1. The molecule has 0 spiro atoms. The molecule has 3 rings (SSSR count). The van der Waals surface area contributed by atoms with Gasteiger partial charge in [-0.15, -0.1) is 0 Å². The maximum Gasteiger partial charge on any atom is 0.410 e. The highest BCUT2D eigenvalue weighted by molar-refractivity contribution is 5.67. The van der Waals surface area contributed by atoms with E-state index in [1.165, 1.54) is 12.1 Å². The third-order valence-corrected chi connectivity index (χ3v) is 4.81. The smallest absolute Gasteiger partial charge is 0.410 e. The molecule has 1 saturated heterocycles. The van der Waals surface area contributed by atoms with Gasteiger partial charge in [0.1, 0.15) is 18.4 Å². The number of piperidine rings is 1. The second-order valence-electron chi connectivity index (χ2n) is 7.24. The summed E-state index contributed by atoms with van der Waals surface area (Å²) in [5, 5.41) is 14.0. The largest absolute Gasteiger partial charge is 0.486 e. The fourth-order valence-corrected chi connectivity index (χ4v) is 3.30. The lowest BCUT2D eigenvalue weighted by Gasteiger charge is -2.32. The van der Waals surface area contributed by atoms with E-state index in [0.717, 1.165) is 6.07 Å². The molecule has 2 aromatic rings. The molecule has 2 heterocycles. The molecule has 1 aliphatic heterocycles. The number of carbonyl (C=O) groups is 1. The van der Waals surface area contributed by atoms with Crippen molar-refractivity contribution < 1.29 is 18.7 Å². The summed E-state index contributed by atoms with van der Waals surface area (Å²) in [7, 11) is 0. The monoisotopic (exact) mass is 411 g/mol. The minimum atomic E-state index is -0.630. The zero-order chi connectivity index (χ0) is 21.7. The van der Waals surface area contributed by atoms with Crippen molar-refractivity contribution in [2.24, 2.45) is 0 Å². The van der Waals surface area contributed by atoms with E-state index in [9.17, 15) is 14.4 Å². The highest BCUT2D eigenvalue weighted by Crippen LogP contribution is 2.27. The maximum atomic E-state index is 14.0. The van der Waals surface area contributed by atoms with Gasteiger partial charge >= 0.3 is 6.09 Å². The topological polar surface area (TPSA) is 84.7 Å². The molecule has 30 heavy (non-hydrogen) atoms. The molecule has 0 radical (unpaired) electrons. The van der Waals surface area contributed by atoms with Crippen molar-refractivity contribution >= 4 is 11.8 Å². The van der Waals surface area contributed by atoms with Gasteiger partial charge in [0.05, 0.1) is 24.9 Å². The first-order chi connectivity index (χ1) is 14.4. The quantitative estimate of drug-likeness (QED) is 0.688. The molecule has 1 fully saturated rings. The number of likely N-dealkylation sites (tertiary alicyclic amines) is 1. The number of carbonyl (C=O) groups excluding carboxylic acids is 1. The molecule has 1 aromatic heterocycles. The summed E-state index contributed by atoms with van der Waals surface area (Å²) in [4.78, 5) is 16.9. The standard InChI is InChI=1S/C21H22FN5O3/c1-14(2)30-21(28)26-8-6-17(7-9-26)27-19(11-23)15(12-25-27)13-29-20-5-4-16(24-3)10-18(20)22/h4-5,10,12,14,17H,6-9,13H2,1-2H3. The maximum absolute atomic E-state index is 14.0. The van der Waals surface area contributed by atoms with Crippen LogP contribution in [0.3, 0.4) is 0 Å². The van der Waals surface area contributed by atoms with Crippen molar-refractivity contribution in [2.45, 2.75) is 45.4 Å². The lowest BCUT2D eigenvalue weighted by molar-refractivity contribution is 0.0652. The van der Waals surface area contributed by atoms with Gasteiger partial charge in [-0.25, -0.2) is 14.0 Å². The van der Waals surface area contributed by atoms with Crippen LogP contribution in [-0.2, 0) is 11.3 Å². The van der Waals surface area contributed by atoms with Crippen molar-refractivity contribution in [3.63, 3.8) is 0 Å². The zero-order valence-corrected chi connectivity index (χ0v) is 16.8. The number of hydrogen-bond donors (Lipinski definition) is 0. The Morgan fingerprint density at radius 3 is 2.77 bits per heavy atom. The molecule has 0 N–H and O–H groups in total. The summed E-state index contributed by atoms with van der Waals surface area (Å²) in [5.41, 5.74) is 1.10. The Hall–Kier alpha value is -3.59. The number of benzene rings is 1. The lowest BCUT2D eigenvalue weighted by Crippen LogP contribution is -2.40. The average molecular weight is 411 g/mol. The number of nitrogens with zero attached hydrogens (tertiary/aromatic N) is 5. The van der Waals surface area contributed by atoms with Crippen molar-refractivity contribution in [1.82, 2.24) is 14.7 Å². The van der Waals surface area contributed by atoms with Crippen molar-refractivity contribution in [3.05, 3.63) is 52.9 Å². The fourth-order valence-electron chi connectivity index (χ4n) is 3.30. The molecular weight excluding hydrogens is 389 g/mol. The molecule has 1 aliphatic rings. The average Bonchev–Trinajstić information content (AvgIpc) is 3.15. The molecule has 1 amide bonds. The third kappa shape index (κ3) is 4.69. The third-order valence-electron chi connectivity index (χ3n) is 4.81. The molecule has 0 unspecified atom stereocenters. The second kappa shape index (κ2) is 9.27. The summed E-state index contributed by atoms with van der Waals surface area (Å²) >= 11 is 0. The van der Waals surface area contributed by atoms with E-state index in [-0.39, 0.29) is 36.3 Å². The van der Waals surface area contributed by atoms with E-state index in [1.807, 2.05) is 13.8 Å². The Labute approximate surface area is 174 Å². The van der Waals surface area contributed by atoms with Gasteiger partial charge in [0.25, 0.3) is 0 Å². The summed E-state index contributed by atoms with van der Waals surface area (Å²) in [6.07, 6.45) is 2.34. The Bertz CT molecular complexity index is 997. The molecule has 0 bridgehead atoms. The number of hydrogen-bond acceptors (Lipinski definition) is 5. The van der Waals surface area contributed by atoms with Gasteiger partial charge in [0.15, 0.2) is 17.3 Å². The van der Waals surface area contributed by atoms with E-state index in [0.29, 0.717) is 37.2 Å². The molecular formula is C21H22FN5O3. The van der Waals surface area contributed by atoms with Crippen LogP contribution in [0.5, 0.6) is 5.75 Å². The summed E-state index contributed by atoms with van der Waals surface area (Å²) < 4.78 is 26.4. The summed E-state index contributed by atoms with van der Waals surface area (Å²) in [5.74, 6) is -0.619. The van der Waals surface area contributed by atoms with Gasteiger partial charge in [-0.2, -0.15) is 10.4 Å². The zero-order valence-electron chi connectivity index (χ0n) is 16.8. The summed E-state index contributed by atoms with van der Waals surface area (Å²) in [6.45, 7) is 11.5. The van der Waals surface area contributed by atoms with Crippen molar-refractivity contribution in [2.75, 3.05) is 13.1 Å². The van der Waals surface area contributed by atoms with Crippen LogP contribution < -0.4 is 4.74 Å². The van der Waals surface area contributed by atoms with Gasteiger partial charge in [-0.05, 0) is 38.8 Å². The normalized spacial score (nSPS) is 14.3. The Balaban J connectivity index is 1.65. The van der Waals surface area contributed by atoms with Crippen LogP contribution in [0.1, 0.15) is 44.0 Å². The van der Waals surface area contributed by atoms with Gasteiger partial charge in [-0.3, -0.25) is 4.68 Å². The lowest BCUT2D eigenvalue weighted by atomic mass is 10.1. The first-order valence-corrected chi connectivity index (χ1v) is 9.64.